The molecule has 1 aromatic carbocycles. The first-order valence-corrected chi connectivity index (χ1v) is 5.55. The minimum atomic E-state index is -0.663. The van der Waals surface area contributed by atoms with Crippen LogP contribution in [0.25, 0.3) is 0 Å². The summed E-state index contributed by atoms with van der Waals surface area (Å²) >= 11 is 6.59. The number of rotatable bonds is 3. The van der Waals surface area contributed by atoms with Crippen molar-refractivity contribution in [1.82, 2.24) is 10.2 Å². The highest BCUT2D eigenvalue weighted by molar-refractivity contribution is 7.13. The average Bonchev–Trinajstić information content (AvgIpc) is 2.71. The lowest BCUT2D eigenvalue weighted by molar-refractivity contribution is 0.430. The summed E-state index contributed by atoms with van der Waals surface area (Å²) in [5.41, 5.74) is 0. The van der Waals surface area contributed by atoms with Gasteiger partial charge in [0, 0.05) is 6.07 Å². The number of nitrogens with zero attached hydrogens (tertiary/aromatic N) is 2. The summed E-state index contributed by atoms with van der Waals surface area (Å²) < 4.78 is 31.0. The molecule has 0 aliphatic carbocycles. The molecule has 0 atom stereocenters. The van der Waals surface area contributed by atoms with Crippen LogP contribution in [0.1, 0.15) is 5.01 Å². The van der Waals surface area contributed by atoms with Gasteiger partial charge in [0.05, 0.1) is 5.88 Å². The van der Waals surface area contributed by atoms with E-state index in [0.29, 0.717) is 5.01 Å². The third kappa shape index (κ3) is 2.45. The van der Waals surface area contributed by atoms with Gasteiger partial charge in [0.2, 0.25) is 0 Å². The number of benzene rings is 1. The molecule has 2 aromatic rings. The first-order chi connectivity index (χ1) is 7.69. The lowest BCUT2D eigenvalue weighted by Gasteiger charge is -2.01. The Labute approximate surface area is 98.6 Å². The van der Waals surface area contributed by atoms with Crippen molar-refractivity contribution in [2.75, 3.05) is 0 Å². The number of alkyl halides is 1. The molecule has 84 valence electrons. The summed E-state index contributed by atoms with van der Waals surface area (Å²) in [6, 6.07) is 2.93. The molecule has 1 aromatic heterocycles. The smallest absolute Gasteiger partial charge is 0.299 e. The van der Waals surface area contributed by atoms with E-state index in [9.17, 15) is 8.78 Å². The van der Waals surface area contributed by atoms with Crippen LogP contribution in [0, 0.1) is 11.6 Å². The molecule has 0 amide bonds. The highest BCUT2D eigenvalue weighted by Crippen LogP contribution is 2.28. The Hall–Kier alpha value is -1.27. The van der Waals surface area contributed by atoms with Crippen molar-refractivity contribution in [1.29, 1.82) is 0 Å². The summed E-state index contributed by atoms with van der Waals surface area (Å²) in [6.45, 7) is 0. The van der Waals surface area contributed by atoms with Crippen molar-refractivity contribution in [3.8, 4) is 10.9 Å². The summed E-state index contributed by atoms with van der Waals surface area (Å²) in [6.07, 6.45) is 0. The molecule has 0 saturated carbocycles. The second-order valence-corrected chi connectivity index (χ2v) is 4.06. The van der Waals surface area contributed by atoms with Crippen molar-refractivity contribution in [2.45, 2.75) is 5.88 Å². The molecule has 7 heteroatoms. The molecule has 0 fully saturated rings. The van der Waals surface area contributed by atoms with Gasteiger partial charge in [-0.05, 0) is 12.1 Å². The van der Waals surface area contributed by atoms with E-state index in [-0.39, 0.29) is 16.8 Å². The van der Waals surface area contributed by atoms with Crippen molar-refractivity contribution in [3.05, 3.63) is 34.8 Å². The topological polar surface area (TPSA) is 35.0 Å². The predicted molar refractivity (Wildman–Crippen MR) is 55.9 cm³/mol. The third-order valence-electron chi connectivity index (χ3n) is 1.65. The van der Waals surface area contributed by atoms with E-state index in [0.717, 1.165) is 29.5 Å². The van der Waals surface area contributed by atoms with Gasteiger partial charge in [0.1, 0.15) is 10.8 Å². The van der Waals surface area contributed by atoms with Gasteiger partial charge >= 0.3 is 0 Å². The number of aromatic nitrogens is 2. The average molecular weight is 263 g/mol. The fourth-order valence-corrected chi connectivity index (χ4v) is 1.75. The van der Waals surface area contributed by atoms with Crippen LogP contribution in [0.2, 0.25) is 0 Å². The highest BCUT2D eigenvalue weighted by atomic mass is 35.5. The van der Waals surface area contributed by atoms with Crippen molar-refractivity contribution < 1.29 is 13.5 Å². The fourth-order valence-electron chi connectivity index (χ4n) is 0.983. The number of hydrogen-bond donors (Lipinski definition) is 0. The summed E-state index contributed by atoms with van der Waals surface area (Å²) in [5.74, 6) is -1.27. The lowest BCUT2D eigenvalue weighted by Crippen LogP contribution is -1.89. The molecule has 0 radical (unpaired) electrons. The standard InChI is InChI=1S/C9H5ClF2N2OS/c10-4-8-13-14-9(16-8)15-7-3-5(11)1-2-6(7)12/h1-3H,4H2. The van der Waals surface area contributed by atoms with E-state index in [1.165, 1.54) is 0 Å². The zero-order valence-corrected chi connectivity index (χ0v) is 9.36. The Morgan fingerprint density at radius 3 is 2.81 bits per heavy atom. The highest BCUT2D eigenvalue weighted by Gasteiger charge is 2.10. The molecule has 1 heterocycles. The van der Waals surface area contributed by atoms with Crippen LogP contribution in [0.3, 0.4) is 0 Å². The van der Waals surface area contributed by atoms with Gasteiger partial charge in [0.25, 0.3) is 5.19 Å². The summed E-state index contributed by atoms with van der Waals surface area (Å²) in [4.78, 5) is 0. The SMILES string of the molecule is Fc1ccc(F)c(Oc2nnc(CCl)s2)c1. The van der Waals surface area contributed by atoms with Gasteiger partial charge in [-0.15, -0.1) is 16.7 Å². The van der Waals surface area contributed by atoms with Crippen molar-refractivity contribution >= 4 is 22.9 Å². The maximum Gasteiger partial charge on any atom is 0.299 e. The molecule has 0 saturated heterocycles. The maximum atomic E-state index is 13.2. The Morgan fingerprint density at radius 1 is 1.31 bits per heavy atom. The number of ether oxygens (including phenoxy) is 1. The van der Waals surface area contributed by atoms with Crippen molar-refractivity contribution in [2.24, 2.45) is 0 Å². The number of halogens is 3. The third-order valence-corrected chi connectivity index (χ3v) is 2.87. The molecule has 2 rings (SSSR count). The number of hydrogen-bond acceptors (Lipinski definition) is 4. The van der Waals surface area contributed by atoms with Crippen molar-refractivity contribution in [3.63, 3.8) is 0 Å². The molecule has 0 aliphatic rings. The van der Waals surface area contributed by atoms with Gasteiger partial charge in [-0.1, -0.05) is 16.4 Å². The van der Waals surface area contributed by atoms with Crippen LogP contribution in [0.5, 0.6) is 10.9 Å². The van der Waals surface area contributed by atoms with Crippen LogP contribution in [-0.2, 0) is 5.88 Å². The zero-order chi connectivity index (χ0) is 11.5. The Kier molecular flexibility index (Phi) is 3.31. The Morgan fingerprint density at radius 2 is 2.12 bits per heavy atom. The molecule has 0 spiro atoms. The van der Waals surface area contributed by atoms with E-state index in [1.54, 1.807) is 0 Å². The van der Waals surface area contributed by atoms with Crippen LogP contribution in [0.15, 0.2) is 18.2 Å². The van der Waals surface area contributed by atoms with E-state index < -0.39 is 11.6 Å². The largest absolute Gasteiger partial charge is 0.427 e. The molecular formula is C9H5ClF2N2OS. The normalized spacial score (nSPS) is 10.4. The summed E-state index contributed by atoms with van der Waals surface area (Å²) in [5, 5.41) is 7.98. The monoisotopic (exact) mass is 262 g/mol. The van der Waals surface area contributed by atoms with Gasteiger partial charge in [0.15, 0.2) is 11.6 Å². The first kappa shape index (κ1) is 11.2. The molecule has 16 heavy (non-hydrogen) atoms. The zero-order valence-electron chi connectivity index (χ0n) is 7.78. The van der Waals surface area contributed by atoms with Gasteiger partial charge in [-0.25, -0.2) is 8.78 Å². The van der Waals surface area contributed by atoms with Crippen LogP contribution in [0.4, 0.5) is 8.78 Å². The van der Waals surface area contributed by atoms with Gasteiger partial charge in [-0.2, -0.15) is 0 Å². The Balaban J connectivity index is 2.22. The molecule has 3 nitrogen and oxygen atoms in total. The molecule has 0 bridgehead atoms. The van der Waals surface area contributed by atoms with Crippen LogP contribution < -0.4 is 4.74 Å². The minimum absolute atomic E-state index is 0.125. The molecule has 0 aliphatic heterocycles. The molecule has 0 unspecified atom stereocenters. The lowest BCUT2D eigenvalue weighted by atomic mass is 10.3. The fraction of sp³-hybridized carbons (Fsp3) is 0.111. The second-order valence-electron chi connectivity index (χ2n) is 2.77. The van der Waals surface area contributed by atoms with E-state index in [2.05, 4.69) is 10.2 Å². The van der Waals surface area contributed by atoms with E-state index in [1.807, 2.05) is 0 Å². The van der Waals surface area contributed by atoms with Gasteiger partial charge in [-0.3, -0.25) is 0 Å². The second kappa shape index (κ2) is 4.71. The van der Waals surface area contributed by atoms with Crippen LogP contribution in [-0.4, -0.2) is 10.2 Å². The Bertz CT molecular complexity index is 506. The first-order valence-electron chi connectivity index (χ1n) is 4.20. The molecule has 0 N–H and O–H groups in total. The van der Waals surface area contributed by atoms with Gasteiger partial charge < -0.3 is 4.74 Å². The minimum Gasteiger partial charge on any atom is -0.427 e. The van der Waals surface area contributed by atoms with E-state index in [4.69, 9.17) is 16.3 Å². The predicted octanol–water partition coefficient (Wildman–Crippen LogP) is 3.35. The van der Waals surface area contributed by atoms with Crippen LogP contribution >= 0.6 is 22.9 Å². The molecular weight excluding hydrogens is 258 g/mol. The van der Waals surface area contributed by atoms with E-state index >= 15 is 0 Å². The summed E-state index contributed by atoms with van der Waals surface area (Å²) in [7, 11) is 0. The quantitative estimate of drug-likeness (QED) is 0.796. The maximum absolute atomic E-state index is 13.2.